The van der Waals surface area contributed by atoms with Crippen molar-refractivity contribution in [3.63, 3.8) is 0 Å². The van der Waals surface area contributed by atoms with Gasteiger partial charge in [0, 0.05) is 24.8 Å². The van der Waals surface area contributed by atoms with Crippen LogP contribution in [0.4, 0.5) is 4.39 Å². The Bertz CT molecular complexity index is 667. The number of benzene rings is 1. The van der Waals surface area contributed by atoms with Crippen LogP contribution in [0.25, 0.3) is 0 Å². The van der Waals surface area contributed by atoms with Crippen molar-refractivity contribution in [3.8, 4) is 0 Å². The number of carbonyl (C=O) groups is 1. The first kappa shape index (κ1) is 16.2. The summed E-state index contributed by atoms with van der Waals surface area (Å²) in [6.07, 6.45) is -1.10. The number of hydrogen-bond donors (Lipinski definition) is 2. The molecule has 5 nitrogen and oxygen atoms in total. The first-order valence-corrected chi connectivity index (χ1v) is 7.14. The lowest BCUT2D eigenvalue weighted by molar-refractivity contribution is 0.0908. The number of aliphatic hydroxyl groups is 1. The maximum Gasteiger partial charge on any atom is 0.271 e. The number of hydrogen-bond acceptors (Lipinski definition) is 3. The Labute approximate surface area is 128 Å². The van der Waals surface area contributed by atoms with Crippen molar-refractivity contribution in [3.05, 3.63) is 53.1 Å². The van der Waals surface area contributed by atoms with Gasteiger partial charge < -0.3 is 10.4 Å². The SMILES string of the molecule is CC(C)c1cc(C(=O)NCC(O)c2ccccc2F)nn1C. The highest BCUT2D eigenvalue weighted by Crippen LogP contribution is 2.17. The molecule has 0 saturated carbocycles. The molecule has 0 fully saturated rings. The van der Waals surface area contributed by atoms with E-state index in [1.807, 2.05) is 13.8 Å². The van der Waals surface area contributed by atoms with Gasteiger partial charge in [-0.15, -0.1) is 0 Å². The highest BCUT2D eigenvalue weighted by molar-refractivity contribution is 5.92. The van der Waals surface area contributed by atoms with E-state index in [4.69, 9.17) is 0 Å². The van der Waals surface area contributed by atoms with E-state index in [2.05, 4.69) is 10.4 Å². The molecule has 0 aliphatic heterocycles. The molecule has 2 aromatic rings. The molecule has 1 aromatic carbocycles. The minimum Gasteiger partial charge on any atom is -0.386 e. The van der Waals surface area contributed by atoms with Crippen molar-refractivity contribution in [2.45, 2.75) is 25.9 Å². The molecule has 22 heavy (non-hydrogen) atoms. The zero-order chi connectivity index (χ0) is 16.3. The summed E-state index contributed by atoms with van der Waals surface area (Å²) in [6.45, 7) is 3.95. The molecule has 0 spiro atoms. The van der Waals surface area contributed by atoms with Crippen molar-refractivity contribution >= 4 is 5.91 Å². The molecule has 1 amide bonds. The topological polar surface area (TPSA) is 67.2 Å². The summed E-state index contributed by atoms with van der Waals surface area (Å²) in [5.41, 5.74) is 1.39. The van der Waals surface area contributed by atoms with Crippen molar-refractivity contribution in [2.24, 2.45) is 7.05 Å². The van der Waals surface area contributed by atoms with Crippen molar-refractivity contribution in [1.29, 1.82) is 0 Å². The number of aryl methyl sites for hydroxylation is 1. The maximum absolute atomic E-state index is 13.5. The Kier molecular flexibility index (Phi) is 4.92. The lowest BCUT2D eigenvalue weighted by atomic mass is 10.1. The number of aliphatic hydroxyl groups excluding tert-OH is 1. The largest absolute Gasteiger partial charge is 0.386 e. The number of amides is 1. The van der Waals surface area contributed by atoms with Gasteiger partial charge in [-0.1, -0.05) is 32.0 Å². The monoisotopic (exact) mass is 305 g/mol. The minimum absolute atomic E-state index is 0.0760. The van der Waals surface area contributed by atoms with Crippen LogP contribution in [-0.4, -0.2) is 27.3 Å². The number of nitrogens with one attached hydrogen (secondary N) is 1. The second-order valence-electron chi connectivity index (χ2n) is 5.48. The van der Waals surface area contributed by atoms with Gasteiger partial charge in [-0.05, 0) is 18.1 Å². The van der Waals surface area contributed by atoms with E-state index in [0.717, 1.165) is 5.69 Å². The van der Waals surface area contributed by atoms with Crippen LogP contribution in [0.3, 0.4) is 0 Å². The molecule has 0 aliphatic rings. The molecule has 0 radical (unpaired) electrons. The number of halogens is 1. The molecule has 1 atom stereocenters. The van der Waals surface area contributed by atoms with Gasteiger partial charge in [0.1, 0.15) is 11.5 Å². The zero-order valence-corrected chi connectivity index (χ0v) is 12.9. The molecule has 1 unspecified atom stereocenters. The minimum atomic E-state index is -1.10. The highest BCUT2D eigenvalue weighted by atomic mass is 19.1. The zero-order valence-electron chi connectivity index (χ0n) is 12.9. The third-order valence-corrected chi connectivity index (χ3v) is 3.46. The summed E-state index contributed by atoms with van der Waals surface area (Å²) in [5, 5.41) is 16.7. The van der Waals surface area contributed by atoms with Gasteiger partial charge >= 0.3 is 0 Å². The third kappa shape index (κ3) is 3.51. The van der Waals surface area contributed by atoms with Crippen LogP contribution in [-0.2, 0) is 7.05 Å². The molecule has 118 valence electrons. The highest BCUT2D eigenvalue weighted by Gasteiger charge is 2.17. The van der Waals surface area contributed by atoms with Gasteiger partial charge in [0.25, 0.3) is 5.91 Å². The van der Waals surface area contributed by atoms with Crippen LogP contribution in [0.2, 0.25) is 0 Å². The Morgan fingerprint density at radius 1 is 1.41 bits per heavy atom. The van der Waals surface area contributed by atoms with Gasteiger partial charge in [0.15, 0.2) is 0 Å². The molecular weight excluding hydrogens is 285 g/mol. The molecule has 6 heteroatoms. The Morgan fingerprint density at radius 3 is 2.68 bits per heavy atom. The van der Waals surface area contributed by atoms with E-state index in [-0.39, 0.29) is 23.7 Å². The summed E-state index contributed by atoms with van der Waals surface area (Å²) in [5.74, 6) is -0.634. The quantitative estimate of drug-likeness (QED) is 0.889. The maximum atomic E-state index is 13.5. The summed E-state index contributed by atoms with van der Waals surface area (Å²) in [7, 11) is 1.78. The molecule has 2 rings (SSSR count). The van der Waals surface area contributed by atoms with E-state index >= 15 is 0 Å². The number of aromatic nitrogens is 2. The van der Waals surface area contributed by atoms with Crippen LogP contribution >= 0.6 is 0 Å². The van der Waals surface area contributed by atoms with Gasteiger partial charge in [-0.2, -0.15) is 5.10 Å². The van der Waals surface area contributed by atoms with Gasteiger partial charge in [0.05, 0.1) is 6.10 Å². The Morgan fingerprint density at radius 2 is 2.09 bits per heavy atom. The van der Waals surface area contributed by atoms with Crippen molar-refractivity contribution < 1.29 is 14.3 Å². The van der Waals surface area contributed by atoms with Crippen LogP contribution in [0.15, 0.2) is 30.3 Å². The van der Waals surface area contributed by atoms with E-state index in [1.165, 1.54) is 12.1 Å². The van der Waals surface area contributed by atoms with Gasteiger partial charge in [-0.25, -0.2) is 4.39 Å². The third-order valence-electron chi connectivity index (χ3n) is 3.46. The summed E-state index contributed by atoms with van der Waals surface area (Å²) >= 11 is 0. The van der Waals surface area contributed by atoms with E-state index in [0.29, 0.717) is 0 Å². The summed E-state index contributed by atoms with van der Waals surface area (Å²) in [6, 6.07) is 7.66. The Hall–Kier alpha value is -2.21. The number of carbonyl (C=O) groups excluding carboxylic acids is 1. The van der Waals surface area contributed by atoms with Crippen LogP contribution in [0, 0.1) is 5.82 Å². The summed E-state index contributed by atoms with van der Waals surface area (Å²) < 4.78 is 15.2. The molecule has 0 saturated heterocycles. The van der Waals surface area contributed by atoms with Crippen molar-refractivity contribution in [1.82, 2.24) is 15.1 Å². The van der Waals surface area contributed by atoms with Gasteiger partial charge in [0.2, 0.25) is 0 Å². The first-order chi connectivity index (χ1) is 10.4. The van der Waals surface area contributed by atoms with Crippen LogP contribution < -0.4 is 5.32 Å². The second kappa shape index (κ2) is 6.70. The molecule has 0 aliphatic carbocycles. The smallest absolute Gasteiger partial charge is 0.271 e. The van der Waals surface area contributed by atoms with E-state index < -0.39 is 17.8 Å². The number of nitrogens with zero attached hydrogens (tertiary/aromatic N) is 2. The Balaban J connectivity index is 2.01. The fourth-order valence-corrected chi connectivity index (χ4v) is 2.27. The fraction of sp³-hybridized carbons (Fsp3) is 0.375. The molecule has 1 heterocycles. The van der Waals surface area contributed by atoms with Crippen molar-refractivity contribution in [2.75, 3.05) is 6.54 Å². The lowest BCUT2D eigenvalue weighted by Gasteiger charge is -2.12. The van der Waals surface area contributed by atoms with E-state index in [9.17, 15) is 14.3 Å². The average Bonchev–Trinajstić information content (AvgIpc) is 2.87. The average molecular weight is 305 g/mol. The lowest BCUT2D eigenvalue weighted by Crippen LogP contribution is -2.29. The van der Waals surface area contributed by atoms with Crippen LogP contribution in [0.5, 0.6) is 0 Å². The van der Waals surface area contributed by atoms with E-state index in [1.54, 1.807) is 29.9 Å². The number of rotatable bonds is 5. The molecular formula is C16H20FN3O2. The molecule has 2 N–H and O–H groups in total. The normalized spacial score (nSPS) is 12.5. The molecule has 0 bridgehead atoms. The predicted molar refractivity (Wildman–Crippen MR) is 81.0 cm³/mol. The fourth-order valence-electron chi connectivity index (χ4n) is 2.27. The summed E-state index contributed by atoms with van der Waals surface area (Å²) in [4.78, 5) is 12.1. The molecule has 1 aromatic heterocycles. The van der Waals surface area contributed by atoms with Crippen LogP contribution in [0.1, 0.15) is 47.6 Å². The predicted octanol–water partition coefficient (Wildman–Crippen LogP) is 2.15. The first-order valence-electron chi connectivity index (χ1n) is 7.14. The van der Waals surface area contributed by atoms with Gasteiger partial charge in [-0.3, -0.25) is 9.48 Å². The second-order valence-corrected chi connectivity index (χ2v) is 5.48. The standard InChI is InChI=1S/C16H20FN3O2/c1-10(2)14-8-13(19-20(14)3)16(22)18-9-15(21)11-6-4-5-7-12(11)17/h4-8,10,15,21H,9H2,1-3H3,(H,18,22).